The summed E-state index contributed by atoms with van der Waals surface area (Å²) in [5, 5.41) is 7.14. The van der Waals surface area contributed by atoms with Crippen LogP contribution in [0.2, 0.25) is 0 Å². The molecule has 0 fully saturated rings. The van der Waals surface area contributed by atoms with Gasteiger partial charge in [-0.1, -0.05) is 152 Å². The molecule has 3 nitrogen and oxygen atoms in total. The van der Waals surface area contributed by atoms with E-state index in [-0.39, 0.29) is 6.71 Å². The summed E-state index contributed by atoms with van der Waals surface area (Å²) < 4.78 is 42.1. The molecular formula is C64H54BN3. The van der Waals surface area contributed by atoms with Gasteiger partial charge in [-0.3, -0.25) is 0 Å². The van der Waals surface area contributed by atoms with E-state index >= 15 is 0 Å². The fraction of sp³-hybridized carbons (Fsp3) is 0.188. The normalized spacial score (nSPS) is 14.9. The molecule has 0 atom stereocenters. The van der Waals surface area contributed by atoms with Crippen molar-refractivity contribution in [1.82, 2.24) is 9.13 Å². The average Bonchev–Trinajstić information content (AvgIpc) is 3.83. The van der Waals surface area contributed by atoms with Crippen LogP contribution < -0.4 is 21.3 Å². The van der Waals surface area contributed by atoms with Crippen molar-refractivity contribution >= 4 is 94.5 Å². The third kappa shape index (κ3) is 5.26. The molecule has 9 aromatic carbocycles. The standard InChI is InChI=1S/C64H54BN3/c1-35(2)39-19-24-44(25-20-39)66-55-27-23-42(37(5)6)31-52(55)65-53-32-43(38(7)8)30-51-50-29-41(36(3)4)22-26-54(50)68(64(51)53)59-34-45(33-58(66)63(59)65)67-56-18-12-17-49-47-15-10-9-14-46(47)48-16-11-13-40-21-28-57(67)62(60(40)48)61(49)56/h9-38H,1-8H3/i35D,36D,37D,38D. The van der Waals surface area contributed by atoms with Gasteiger partial charge in [-0.15, -0.1) is 0 Å². The zero-order valence-electron chi connectivity index (χ0n) is 43.9. The number of aromatic nitrogens is 2. The van der Waals surface area contributed by atoms with Gasteiger partial charge in [0.05, 0.1) is 22.2 Å². The Morgan fingerprint density at radius 1 is 0.397 bits per heavy atom. The van der Waals surface area contributed by atoms with Crippen LogP contribution in [-0.2, 0) is 0 Å². The van der Waals surface area contributed by atoms with Crippen molar-refractivity contribution in [2.45, 2.75) is 79.0 Å². The van der Waals surface area contributed by atoms with Crippen molar-refractivity contribution in [1.29, 1.82) is 0 Å². The van der Waals surface area contributed by atoms with Gasteiger partial charge in [0, 0.05) is 55.3 Å². The van der Waals surface area contributed by atoms with Crippen molar-refractivity contribution < 1.29 is 5.48 Å². The summed E-state index contributed by atoms with van der Waals surface area (Å²) in [5.74, 6) is -3.36. The van der Waals surface area contributed by atoms with Crippen LogP contribution in [0.25, 0.3) is 88.0 Å². The van der Waals surface area contributed by atoms with Crippen molar-refractivity contribution in [2.75, 3.05) is 4.90 Å². The predicted octanol–water partition coefficient (Wildman–Crippen LogP) is 15.8. The van der Waals surface area contributed by atoms with E-state index in [1.807, 2.05) is 55.4 Å². The predicted molar refractivity (Wildman–Crippen MR) is 293 cm³/mol. The molecular weight excluding hydrogens is 822 g/mol. The van der Waals surface area contributed by atoms with Crippen molar-refractivity contribution in [3.8, 4) is 33.6 Å². The van der Waals surface area contributed by atoms with E-state index in [1.165, 1.54) is 43.8 Å². The number of hydrogen-bond donors (Lipinski definition) is 0. The Morgan fingerprint density at radius 2 is 0.985 bits per heavy atom. The molecule has 0 unspecified atom stereocenters. The van der Waals surface area contributed by atoms with Gasteiger partial charge in [0.1, 0.15) is 0 Å². The number of benzene rings is 9. The second kappa shape index (κ2) is 14.1. The molecule has 0 amide bonds. The molecule has 0 saturated carbocycles. The Bertz CT molecular complexity index is 4210. The first-order valence-corrected chi connectivity index (χ1v) is 24.2. The maximum absolute atomic E-state index is 9.56. The molecule has 14 rings (SSSR count). The second-order valence-electron chi connectivity index (χ2n) is 20.5. The van der Waals surface area contributed by atoms with E-state index in [4.69, 9.17) is 1.37 Å². The van der Waals surface area contributed by atoms with Crippen LogP contribution in [0.3, 0.4) is 0 Å². The van der Waals surface area contributed by atoms with Gasteiger partial charge in [0.25, 0.3) is 6.71 Å². The Morgan fingerprint density at radius 3 is 1.72 bits per heavy atom. The van der Waals surface area contributed by atoms with Gasteiger partial charge in [-0.05, 0) is 156 Å². The SMILES string of the molecule is [2H]C(C)(C)c1ccc(N2c3ccc(C([2H])(C)C)cc3B3c4c2cc(-n2c5cccc6c5c5c7c(cccc7ccc52)-c2ccccc2-6)cc4-n2c4ccc(C([2H])(C)C)cc4c4cc(C([2H])(C)C)cc3c42)cc1. The molecule has 0 saturated heterocycles. The van der Waals surface area contributed by atoms with Gasteiger partial charge >= 0.3 is 0 Å². The molecule has 0 spiro atoms. The largest absolute Gasteiger partial charge is 0.311 e. The Kier molecular flexibility index (Phi) is 7.44. The summed E-state index contributed by atoms with van der Waals surface area (Å²) >= 11 is 0. The molecule has 0 radical (unpaired) electrons. The van der Waals surface area contributed by atoms with Crippen LogP contribution in [0.15, 0.2) is 158 Å². The van der Waals surface area contributed by atoms with E-state index in [9.17, 15) is 4.11 Å². The monoisotopic (exact) mass is 879 g/mol. The van der Waals surface area contributed by atoms with Gasteiger partial charge in [-0.25, -0.2) is 0 Å². The first-order valence-electron chi connectivity index (χ1n) is 26.2. The highest BCUT2D eigenvalue weighted by atomic mass is 15.2. The van der Waals surface area contributed by atoms with Crippen LogP contribution in [0.1, 0.15) is 107 Å². The highest BCUT2D eigenvalue weighted by molar-refractivity contribution is 7.00. The lowest BCUT2D eigenvalue weighted by molar-refractivity contribution is 0.866. The van der Waals surface area contributed by atoms with E-state index in [2.05, 4.69) is 172 Å². The molecule has 2 aliphatic heterocycles. The molecule has 2 aromatic heterocycles. The number of hydrogen-bond acceptors (Lipinski definition) is 1. The van der Waals surface area contributed by atoms with E-state index in [1.54, 1.807) is 0 Å². The zero-order chi connectivity index (χ0) is 49.7. The Labute approximate surface area is 405 Å². The molecule has 328 valence electrons. The molecule has 68 heavy (non-hydrogen) atoms. The van der Waals surface area contributed by atoms with Crippen LogP contribution in [0.4, 0.5) is 17.1 Å². The Balaban J connectivity index is 1.18. The lowest BCUT2D eigenvalue weighted by Crippen LogP contribution is -2.60. The van der Waals surface area contributed by atoms with Gasteiger partial charge in [-0.2, -0.15) is 0 Å². The summed E-state index contributed by atoms with van der Waals surface area (Å²) in [4.78, 5) is 2.43. The van der Waals surface area contributed by atoms with Gasteiger partial charge in [0.15, 0.2) is 0 Å². The van der Waals surface area contributed by atoms with Gasteiger partial charge < -0.3 is 14.0 Å². The number of fused-ring (bicyclic) bond motifs is 10. The van der Waals surface area contributed by atoms with E-state index in [0.717, 1.165) is 99.9 Å². The first kappa shape index (κ1) is 35.8. The summed E-state index contributed by atoms with van der Waals surface area (Å²) in [6.07, 6.45) is 0. The highest BCUT2D eigenvalue weighted by Gasteiger charge is 2.43. The topological polar surface area (TPSA) is 13.1 Å². The first-order chi connectivity index (χ1) is 34.3. The third-order valence-corrected chi connectivity index (χ3v) is 15.7. The molecule has 3 aliphatic rings. The average molecular weight is 880 g/mol. The minimum Gasteiger partial charge on any atom is -0.311 e. The smallest absolute Gasteiger partial charge is 0.252 e. The van der Waals surface area contributed by atoms with Gasteiger partial charge in [0.2, 0.25) is 0 Å². The quantitative estimate of drug-likeness (QED) is 0.152. The highest BCUT2D eigenvalue weighted by Crippen LogP contribution is 2.51. The van der Waals surface area contributed by atoms with Crippen molar-refractivity contribution in [2.24, 2.45) is 0 Å². The number of rotatable bonds is 6. The van der Waals surface area contributed by atoms with Crippen LogP contribution in [-0.4, -0.2) is 15.8 Å². The van der Waals surface area contributed by atoms with Crippen molar-refractivity contribution in [3.05, 3.63) is 180 Å². The fourth-order valence-corrected chi connectivity index (χ4v) is 12.4. The number of anilines is 3. The molecule has 1 aliphatic carbocycles. The summed E-state index contributed by atoms with van der Waals surface area (Å²) in [6.45, 7) is 15.4. The lowest BCUT2D eigenvalue weighted by atomic mass is 9.33. The van der Waals surface area contributed by atoms with Crippen LogP contribution in [0.5, 0.6) is 0 Å². The molecule has 11 aromatic rings. The molecule has 4 heterocycles. The van der Waals surface area contributed by atoms with E-state index in [0.29, 0.717) is 0 Å². The third-order valence-electron chi connectivity index (χ3n) is 15.7. The van der Waals surface area contributed by atoms with Crippen LogP contribution >= 0.6 is 0 Å². The lowest BCUT2D eigenvalue weighted by Gasteiger charge is -2.41. The van der Waals surface area contributed by atoms with E-state index < -0.39 is 23.6 Å². The van der Waals surface area contributed by atoms with Crippen molar-refractivity contribution in [3.63, 3.8) is 0 Å². The summed E-state index contributed by atoms with van der Waals surface area (Å²) in [5.41, 5.74) is 21.8. The maximum atomic E-state index is 9.56. The fourth-order valence-electron chi connectivity index (χ4n) is 12.4. The maximum Gasteiger partial charge on any atom is 0.252 e. The molecule has 0 N–H and O–H groups in total. The Hall–Kier alpha value is -7.30. The van der Waals surface area contributed by atoms with Crippen LogP contribution in [0, 0.1) is 0 Å². The zero-order valence-corrected chi connectivity index (χ0v) is 39.9. The second-order valence-corrected chi connectivity index (χ2v) is 20.5. The number of nitrogens with zero attached hydrogens (tertiary/aromatic N) is 3. The minimum absolute atomic E-state index is 0.240. The minimum atomic E-state index is -0.900. The molecule has 4 heteroatoms. The summed E-state index contributed by atoms with van der Waals surface area (Å²) in [7, 11) is 0. The molecule has 0 bridgehead atoms. The summed E-state index contributed by atoms with van der Waals surface area (Å²) in [6, 6.07) is 58.1.